The highest BCUT2D eigenvalue weighted by Crippen LogP contribution is 2.14. The summed E-state index contributed by atoms with van der Waals surface area (Å²) in [7, 11) is 0. The molecule has 1 rings (SSSR count). The number of rotatable bonds is 4. The number of aryl methyl sites for hydroxylation is 1. The van der Waals surface area contributed by atoms with E-state index in [1.165, 1.54) is 0 Å². The number of hydrogen-bond donors (Lipinski definition) is 2. The Morgan fingerprint density at radius 1 is 1.75 bits per heavy atom. The van der Waals surface area contributed by atoms with Gasteiger partial charge in [0, 0.05) is 17.6 Å². The zero-order chi connectivity index (χ0) is 8.97. The second-order valence-electron chi connectivity index (χ2n) is 2.73. The van der Waals surface area contributed by atoms with Crippen LogP contribution in [-0.4, -0.2) is 26.9 Å². The molecule has 1 heterocycles. The predicted molar refractivity (Wildman–Crippen MR) is 50.4 cm³/mol. The molecule has 1 aromatic heterocycles. The van der Waals surface area contributed by atoms with Crippen molar-refractivity contribution in [1.82, 2.24) is 9.97 Å². The number of aromatic nitrogens is 2. The van der Waals surface area contributed by atoms with Crippen molar-refractivity contribution in [2.45, 2.75) is 31.5 Å². The number of nitrogens with one attached hydrogen (secondary N) is 1. The fraction of sp³-hybridized carbons (Fsp3) is 0.625. The van der Waals surface area contributed by atoms with Crippen LogP contribution in [0, 0.1) is 0 Å². The van der Waals surface area contributed by atoms with Gasteiger partial charge in [-0.3, -0.25) is 0 Å². The van der Waals surface area contributed by atoms with Crippen LogP contribution < -0.4 is 0 Å². The smallest absolute Gasteiger partial charge is 0.165 e. The quantitative estimate of drug-likeness (QED) is 0.700. The van der Waals surface area contributed by atoms with Gasteiger partial charge in [0.1, 0.15) is 0 Å². The maximum atomic E-state index is 9.02. The van der Waals surface area contributed by atoms with E-state index in [2.05, 4.69) is 16.9 Å². The average molecular weight is 186 g/mol. The van der Waals surface area contributed by atoms with Gasteiger partial charge in [-0.05, 0) is 13.3 Å². The molecule has 0 aliphatic heterocycles. The SMILES string of the molecule is CCc1cnc(SCC(C)O)[nH]1. The molecule has 0 fully saturated rings. The lowest BCUT2D eigenvalue weighted by atomic mass is 10.4. The molecule has 0 bridgehead atoms. The molecule has 0 amide bonds. The second-order valence-corrected chi connectivity index (χ2v) is 3.74. The molecule has 3 nitrogen and oxygen atoms in total. The summed E-state index contributed by atoms with van der Waals surface area (Å²) in [5.41, 5.74) is 1.14. The summed E-state index contributed by atoms with van der Waals surface area (Å²) in [6.45, 7) is 3.85. The Bertz CT molecular complexity index is 235. The summed E-state index contributed by atoms with van der Waals surface area (Å²) < 4.78 is 0. The van der Waals surface area contributed by atoms with Gasteiger partial charge in [-0.15, -0.1) is 0 Å². The Hall–Kier alpha value is -0.480. The minimum atomic E-state index is -0.273. The lowest BCUT2D eigenvalue weighted by Crippen LogP contribution is -2.02. The zero-order valence-electron chi connectivity index (χ0n) is 7.37. The van der Waals surface area contributed by atoms with Crippen molar-refractivity contribution < 1.29 is 5.11 Å². The third kappa shape index (κ3) is 2.87. The van der Waals surface area contributed by atoms with E-state index in [1.807, 2.05) is 6.20 Å². The molecule has 0 saturated heterocycles. The Morgan fingerprint density at radius 2 is 2.50 bits per heavy atom. The van der Waals surface area contributed by atoms with E-state index in [0.717, 1.165) is 17.3 Å². The lowest BCUT2D eigenvalue weighted by Gasteiger charge is -1.99. The maximum absolute atomic E-state index is 9.02. The van der Waals surface area contributed by atoms with Gasteiger partial charge in [-0.25, -0.2) is 4.98 Å². The third-order valence-electron chi connectivity index (χ3n) is 1.45. The van der Waals surface area contributed by atoms with E-state index < -0.39 is 0 Å². The van der Waals surface area contributed by atoms with Crippen LogP contribution >= 0.6 is 11.8 Å². The van der Waals surface area contributed by atoms with Gasteiger partial charge < -0.3 is 10.1 Å². The number of aliphatic hydroxyl groups excluding tert-OH is 1. The van der Waals surface area contributed by atoms with Crippen molar-refractivity contribution in [3.05, 3.63) is 11.9 Å². The standard InChI is InChI=1S/C8H14N2OS/c1-3-7-4-9-8(10-7)12-5-6(2)11/h4,6,11H,3,5H2,1-2H3,(H,9,10). The van der Waals surface area contributed by atoms with Crippen LogP contribution in [0.4, 0.5) is 0 Å². The molecule has 1 unspecified atom stereocenters. The topological polar surface area (TPSA) is 48.9 Å². The minimum absolute atomic E-state index is 0.273. The number of imidazole rings is 1. The van der Waals surface area contributed by atoms with E-state index in [9.17, 15) is 0 Å². The molecular weight excluding hydrogens is 172 g/mol. The molecule has 0 aromatic carbocycles. The Morgan fingerprint density at radius 3 is 3.00 bits per heavy atom. The van der Waals surface area contributed by atoms with Crippen molar-refractivity contribution >= 4 is 11.8 Å². The van der Waals surface area contributed by atoms with Gasteiger partial charge in [0.25, 0.3) is 0 Å². The number of nitrogens with zero attached hydrogens (tertiary/aromatic N) is 1. The first-order valence-corrected chi connectivity index (χ1v) is 5.05. The number of thioether (sulfide) groups is 1. The van der Waals surface area contributed by atoms with E-state index in [4.69, 9.17) is 5.11 Å². The molecule has 4 heteroatoms. The van der Waals surface area contributed by atoms with Crippen LogP contribution in [0.15, 0.2) is 11.4 Å². The molecule has 0 radical (unpaired) electrons. The molecule has 68 valence electrons. The van der Waals surface area contributed by atoms with E-state index in [0.29, 0.717) is 5.75 Å². The summed E-state index contributed by atoms with van der Waals surface area (Å²) in [6.07, 6.45) is 2.54. The fourth-order valence-electron chi connectivity index (χ4n) is 0.791. The molecule has 0 saturated carbocycles. The van der Waals surface area contributed by atoms with Gasteiger partial charge in [0.2, 0.25) is 0 Å². The van der Waals surface area contributed by atoms with Gasteiger partial charge in [0.15, 0.2) is 5.16 Å². The molecule has 2 N–H and O–H groups in total. The Kier molecular flexibility index (Phi) is 3.62. The normalized spacial score (nSPS) is 13.2. The monoisotopic (exact) mass is 186 g/mol. The molecular formula is C8H14N2OS. The van der Waals surface area contributed by atoms with Crippen molar-refractivity contribution in [1.29, 1.82) is 0 Å². The third-order valence-corrected chi connectivity index (χ3v) is 2.58. The van der Waals surface area contributed by atoms with E-state index in [1.54, 1.807) is 18.7 Å². The average Bonchev–Trinajstić information content (AvgIpc) is 2.48. The zero-order valence-corrected chi connectivity index (χ0v) is 8.19. The van der Waals surface area contributed by atoms with Crippen LogP contribution in [0.25, 0.3) is 0 Å². The Labute approximate surface area is 76.6 Å². The highest BCUT2D eigenvalue weighted by molar-refractivity contribution is 7.99. The van der Waals surface area contributed by atoms with Gasteiger partial charge in [0.05, 0.1) is 6.10 Å². The van der Waals surface area contributed by atoms with Crippen LogP contribution in [0.1, 0.15) is 19.5 Å². The fourth-order valence-corrected chi connectivity index (χ4v) is 1.52. The van der Waals surface area contributed by atoms with E-state index in [-0.39, 0.29) is 6.10 Å². The first-order chi connectivity index (χ1) is 5.72. The molecule has 0 spiro atoms. The molecule has 0 aliphatic rings. The largest absolute Gasteiger partial charge is 0.393 e. The Balaban J connectivity index is 2.41. The summed E-state index contributed by atoms with van der Waals surface area (Å²) in [5, 5.41) is 9.91. The highest BCUT2D eigenvalue weighted by Gasteiger charge is 2.01. The van der Waals surface area contributed by atoms with Crippen molar-refractivity contribution in [3.8, 4) is 0 Å². The summed E-state index contributed by atoms with van der Waals surface area (Å²) in [6, 6.07) is 0. The van der Waals surface area contributed by atoms with Crippen molar-refractivity contribution in [2.75, 3.05) is 5.75 Å². The summed E-state index contributed by atoms with van der Waals surface area (Å²) >= 11 is 1.55. The second kappa shape index (κ2) is 4.52. The number of hydrogen-bond acceptors (Lipinski definition) is 3. The van der Waals surface area contributed by atoms with Crippen LogP contribution in [0.5, 0.6) is 0 Å². The summed E-state index contributed by atoms with van der Waals surface area (Å²) in [4.78, 5) is 7.31. The van der Waals surface area contributed by atoms with Crippen molar-refractivity contribution in [2.24, 2.45) is 0 Å². The molecule has 1 aromatic rings. The maximum Gasteiger partial charge on any atom is 0.165 e. The number of aliphatic hydroxyl groups is 1. The number of aromatic amines is 1. The highest BCUT2D eigenvalue weighted by atomic mass is 32.2. The van der Waals surface area contributed by atoms with E-state index >= 15 is 0 Å². The molecule has 12 heavy (non-hydrogen) atoms. The molecule has 0 aliphatic carbocycles. The van der Waals surface area contributed by atoms with Crippen LogP contribution in [-0.2, 0) is 6.42 Å². The van der Waals surface area contributed by atoms with Crippen LogP contribution in [0.3, 0.4) is 0 Å². The van der Waals surface area contributed by atoms with Crippen molar-refractivity contribution in [3.63, 3.8) is 0 Å². The number of H-pyrrole nitrogens is 1. The van der Waals surface area contributed by atoms with Crippen LogP contribution in [0.2, 0.25) is 0 Å². The predicted octanol–water partition coefficient (Wildman–Crippen LogP) is 1.44. The van der Waals surface area contributed by atoms with Gasteiger partial charge >= 0.3 is 0 Å². The summed E-state index contributed by atoms with van der Waals surface area (Å²) in [5.74, 6) is 0.691. The van der Waals surface area contributed by atoms with Gasteiger partial charge in [-0.2, -0.15) is 0 Å². The first kappa shape index (κ1) is 9.61. The first-order valence-electron chi connectivity index (χ1n) is 4.07. The lowest BCUT2D eigenvalue weighted by molar-refractivity contribution is 0.220. The van der Waals surface area contributed by atoms with Gasteiger partial charge in [-0.1, -0.05) is 18.7 Å². The minimum Gasteiger partial charge on any atom is -0.393 e. The molecule has 1 atom stereocenters.